The van der Waals surface area contributed by atoms with Gasteiger partial charge >= 0.3 is 12.1 Å². The number of rotatable bonds is 8. The molecule has 0 fully saturated rings. The third-order valence-electron chi connectivity index (χ3n) is 8.66. The van der Waals surface area contributed by atoms with Gasteiger partial charge < -0.3 is 40.5 Å². The maximum Gasteiger partial charge on any atom is 0.514 e. The van der Waals surface area contributed by atoms with Crippen LogP contribution in [0.4, 0.5) is 4.79 Å². The van der Waals surface area contributed by atoms with Crippen molar-refractivity contribution in [3.8, 4) is 33.8 Å². The number of phenolic OH excluding ortho intramolecular Hbond substituents is 1. The van der Waals surface area contributed by atoms with Crippen LogP contribution >= 0.6 is 11.6 Å². The fourth-order valence-electron chi connectivity index (χ4n) is 5.85. The Kier molecular flexibility index (Phi) is 12.2. The van der Waals surface area contributed by atoms with Crippen molar-refractivity contribution in [1.29, 1.82) is 0 Å². The van der Waals surface area contributed by atoms with Crippen LogP contribution in [-0.2, 0) is 25.5 Å². The smallest absolute Gasteiger partial charge is 0.507 e. The van der Waals surface area contributed by atoms with Crippen molar-refractivity contribution in [2.75, 3.05) is 20.1 Å². The Morgan fingerprint density at radius 3 is 2.24 bits per heavy atom. The van der Waals surface area contributed by atoms with Crippen molar-refractivity contribution in [3.05, 3.63) is 119 Å². The summed E-state index contributed by atoms with van der Waals surface area (Å²) in [5, 5.41) is 29.4. The molecule has 14 heteroatoms. The van der Waals surface area contributed by atoms with Gasteiger partial charge in [0.05, 0.1) is 13.1 Å². The van der Waals surface area contributed by atoms with Gasteiger partial charge in [-0.3, -0.25) is 14.4 Å². The van der Waals surface area contributed by atoms with Gasteiger partial charge in [-0.2, -0.15) is 0 Å². The number of carboxylic acids is 1. The summed E-state index contributed by atoms with van der Waals surface area (Å²) < 4.78 is 11.0. The first kappa shape index (κ1) is 39.9. The molecule has 0 aromatic heterocycles. The van der Waals surface area contributed by atoms with E-state index in [2.05, 4.69) is 22.5 Å². The van der Waals surface area contributed by atoms with Gasteiger partial charge in [-0.15, -0.1) is 0 Å². The molecule has 0 radical (unpaired) electrons. The predicted molar refractivity (Wildman–Crippen MR) is 206 cm³/mol. The van der Waals surface area contributed by atoms with E-state index in [1.165, 1.54) is 41.3 Å². The summed E-state index contributed by atoms with van der Waals surface area (Å²) in [6.45, 7) is 8.49. The standard InChI is InChI=1S/C41H41ClN4O9/c1-23(21-43-37(49)27-9-7-25(8-10-27)26-11-14-29(42)15-12-26)46(5)36-28-13-17-34(54-40(53)55-41(2,3)4)31(20-28)30-18-24(6-16-33(30)47)19-32(39(51)52)45-35(48)22-44-38(36)50/h6-18,20,32,36,47H,1,19,21-22H2,2-5H3,(H,43,49)(H,44,50)(H,45,48)(H,51,52). The lowest BCUT2D eigenvalue weighted by molar-refractivity contribution is -0.141. The first-order valence-corrected chi connectivity index (χ1v) is 17.6. The summed E-state index contributed by atoms with van der Waals surface area (Å²) in [4.78, 5) is 66.5. The predicted octanol–water partition coefficient (Wildman–Crippen LogP) is 5.85. The van der Waals surface area contributed by atoms with Gasteiger partial charge in [0.2, 0.25) is 11.8 Å². The molecule has 0 saturated heterocycles. The van der Waals surface area contributed by atoms with Gasteiger partial charge in [0.1, 0.15) is 29.2 Å². The average Bonchev–Trinajstić information content (AvgIpc) is 3.13. The quantitative estimate of drug-likeness (QED) is 0.108. The summed E-state index contributed by atoms with van der Waals surface area (Å²) in [5.41, 5.74) is 2.75. The lowest BCUT2D eigenvalue weighted by atomic mass is 9.94. The number of carboxylic acid groups (broad SMARTS) is 1. The van der Waals surface area contributed by atoms with Gasteiger partial charge in [0.15, 0.2) is 0 Å². The van der Waals surface area contributed by atoms with Crippen molar-refractivity contribution in [2.24, 2.45) is 0 Å². The Balaban J connectivity index is 1.47. The van der Waals surface area contributed by atoms with E-state index >= 15 is 0 Å². The molecule has 2 atom stereocenters. The molecule has 1 heterocycles. The van der Waals surface area contributed by atoms with Gasteiger partial charge in [-0.05, 0) is 91.6 Å². The molecule has 0 spiro atoms. The zero-order valence-electron chi connectivity index (χ0n) is 30.6. The van der Waals surface area contributed by atoms with Crippen LogP contribution in [0.15, 0.2) is 97.2 Å². The molecule has 4 bridgehead atoms. The third-order valence-corrected chi connectivity index (χ3v) is 8.91. The molecule has 13 nitrogen and oxygen atoms in total. The maximum atomic E-state index is 13.9. The van der Waals surface area contributed by atoms with Crippen LogP contribution in [0, 0.1) is 0 Å². The third kappa shape index (κ3) is 10.2. The number of aromatic hydroxyl groups is 1. The molecule has 5 rings (SSSR count). The van der Waals surface area contributed by atoms with Crippen LogP contribution in [0.25, 0.3) is 22.3 Å². The second-order valence-corrected chi connectivity index (χ2v) is 14.3. The monoisotopic (exact) mass is 768 g/mol. The Morgan fingerprint density at radius 2 is 1.60 bits per heavy atom. The number of nitrogens with zero attached hydrogens (tertiary/aromatic N) is 1. The number of carbonyl (C=O) groups excluding carboxylic acids is 4. The topological polar surface area (TPSA) is 184 Å². The number of carbonyl (C=O) groups is 5. The zero-order valence-corrected chi connectivity index (χ0v) is 31.4. The van der Waals surface area contributed by atoms with Gasteiger partial charge in [0.25, 0.3) is 5.91 Å². The van der Waals surface area contributed by atoms with Crippen molar-refractivity contribution in [3.63, 3.8) is 0 Å². The second-order valence-electron chi connectivity index (χ2n) is 13.9. The SMILES string of the molecule is C=C(CNC(=O)c1ccc(-c2ccc(Cl)cc2)cc1)N(C)C1C(=O)NCC(=O)NC(C(=O)O)Cc2ccc(O)c(c2)-c2cc1ccc2OC(=O)OC(C)(C)C. The number of benzene rings is 4. The Labute approximate surface area is 322 Å². The lowest BCUT2D eigenvalue weighted by Crippen LogP contribution is -2.48. The van der Waals surface area contributed by atoms with Crippen LogP contribution in [0.2, 0.25) is 5.02 Å². The Morgan fingerprint density at radius 1 is 0.945 bits per heavy atom. The van der Waals surface area contributed by atoms with Crippen molar-refractivity contribution < 1.29 is 43.7 Å². The molecule has 1 aliphatic heterocycles. The van der Waals surface area contributed by atoms with Crippen LogP contribution < -0.4 is 20.7 Å². The van der Waals surface area contributed by atoms with Crippen LogP contribution in [-0.4, -0.2) is 76.7 Å². The van der Waals surface area contributed by atoms with Gasteiger partial charge in [-0.25, -0.2) is 9.59 Å². The second kappa shape index (κ2) is 16.8. The molecule has 0 aliphatic carbocycles. The summed E-state index contributed by atoms with van der Waals surface area (Å²) in [7, 11) is 1.58. The average molecular weight is 769 g/mol. The van der Waals surface area contributed by atoms with E-state index < -0.39 is 54.1 Å². The highest BCUT2D eigenvalue weighted by Gasteiger charge is 2.30. The number of amides is 3. The number of fused-ring (bicyclic) bond motifs is 5. The van der Waals surface area contributed by atoms with E-state index in [4.69, 9.17) is 21.1 Å². The number of hydrogen-bond donors (Lipinski definition) is 5. The minimum absolute atomic E-state index is 0.0180. The largest absolute Gasteiger partial charge is 0.514 e. The molecule has 1 aliphatic rings. The normalized spacial score (nSPS) is 15.7. The fraction of sp³-hybridized carbons (Fsp3) is 0.244. The maximum absolute atomic E-state index is 13.9. The minimum atomic E-state index is -1.37. The van der Waals surface area contributed by atoms with Crippen LogP contribution in [0.5, 0.6) is 11.5 Å². The molecule has 286 valence electrons. The number of phenols is 1. The number of hydrogen-bond acceptors (Lipinski definition) is 9. The molecule has 2 unspecified atom stereocenters. The molecular formula is C41H41ClN4O9. The van der Waals surface area contributed by atoms with Crippen LogP contribution in [0.3, 0.4) is 0 Å². The minimum Gasteiger partial charge on any atom is -0.507 e. The fourth-order valence-corrected chi connectivity index (χ4v) is 5.97. The number of likely N-dealkylation sites (N-methyl/N-ethyl adjacent to an activating group) is 1. The van der Waals surface area contributed by atoms with Crippen molar-refractivity contribution >= 4 is 41.4 Å². The summed E-state index contributed by atoms with van der Waals surface area (Å²) in [6.07, 6.45) is -1.18. The van der Waals surface area contributed by atoms with E-state index in [1.807, 2.05) is 24.3 Å². The van der Waals surface area contributed by atoms with Crippen LogP contribution in [0.1, 0.15) is 48.3 Å². The van der Waals surface area contributed by atoms with E-state index in [9.17, 15) is 34.2 Å². The lowest BCUT2D eigenvalue weighted by Gasteiger charge is -2.32. The first-order chi connectivity index (χ1) is 26.0. The highest BCUT2D eigenvalue weighted by molar-refractivity contribution is 6.30. The molecule has 55 heavy (non-hydrogen) atoms. The van der Waals surface area contributed by atoms with Gasteiger partial charge in [0, 0.05) is 40.9 Å². The number of aliphatic carboxylic acids is 1. The van der Waals surface area contributed by atoms with E-state index in [0.29, 0.717) is 27.4 Å². The highest BCUT2D eigenvalue weighted by Crippen LogP contribution is 2.40. The molecule has 4 aromatic rings. The zero-order chi connectivity index (χ0) is 40.0. The molecule has 0 saturated carbocycles. The first-order valence-electron chi connectivity index (χ1n) is 17.2. The van der Waals surface area contributed by atoms with Crippen molar-refractivity contribution in [2.45, 2.75) is 44.9 Å². The number of nitrogens with one attached hydrogen (secondary N) is 3. The number of ether oxygens (including phenoxy) is 2. The molecule has 3 amide bonds. The molecule has 4 aromatic carbocycles. The summed E-state index contributed by atoms with van der Waals surface area (Å²) in [6, 6.07) is 20.6. The number of halogens is 1. The Bertz CT molecular complexity index is 2130. The molecular weight excluding hydrogens is 728 g/mol. The summed E-state index contributed by atoms with van der Waals surface area (Å²) >= 11 is 6.00. The van der Waals surface area contributed by atoms with E-state index in [-0.39, 0.29) is 35.6 Å². The highest BCUT2D eigenvalue weighted by atomic mass is 35.5. The Hall–Kier alpha value is -6.34. The molecule has 5 N–H and O–H groups in total. The summed E-state index contributed by atoms with van der Waals surface area (Å²) in [5.74, 6) is -3.37. The van der Waals surface area contributed by atoms with Gasteiger partial charge in [-0.1, -0.05) is 54.6 Å². The van der Waals surface area contributed by atoms with E-state index in [0.717, 1.165) is 11.1 Å². The van der Waals surface area contributed by atoms with E-state index in [1.54, 1.807) is 52.1 Å². The van der Waals surface area contributed by atoms with Crippen molar-refractivity contribution in [1.82, 2.24) is 20.9 Å².